The normalized spacial score (nSPS) is 13.1. The number of nitrogens with zero attached hydrogens (tertiary/aromatic N) is 4. The van der Waals surface area contributed by atoms with E-state index in [1.807, 2.05) is 0 Å². The van der Waals surface area contributed by atoms with Gasteiger partial charge in [0, 0.05) is 79.7 Å². The highest BCUT2D eigenvalue weighted by Crippen LogP contribution is 2.45. The summed E-state index contributed by atoms with van der Waals surface area (Å²) in [5.41, 5.74) is -7.77. The summed E-state index contributed by atoms with van der Waals surface area (Å²) in [5.74, 6) is 2.93. The zero-order valence-corrected chi connectivity index (χ0v) is 56.4. The van der Waals surface area contributed by atoms with Gasteiger partial charge < -0.3 is 30.6 Å². The van der Waals surface area contributed by atoms with Gasteiger partial charge in [0.25, 0.3) is 32.1 Å². The van der Waals surface area contributed by atoms with Gasteiger partial charge in [-0.2, -0.15) is 69.5 Å². The largest absolute Gasteiger partial charge is 0.420 e. The van der Waals surface area contributed by atoms with Crippen molar-refractivity contribution in [1.29, 1.82) is 0 Å². The summed E-state index contributed by atoms with van der Waals surface area (Å²) in [4.78, 5) is 54.6. The number of fused-ring (bicyclic) bond motifs is 16. The number of halogens is 12. The first-order chi connectivity index (χ1) is 51.1. The third-order valence-corrected chi connectivity index (χ3v) is 18.9. The molecule has 0 saturated carbocycles. The van der Waals surface area contributed by atoms with Crippen molar-refractivity contribution in [3.8, 4) is 56.3 Å². The molecule has 4 aliphatic rings. The lowest BCUT2D eigenvalue weighted by Gasteiger charge is -2.09. The van der Waals surface area contributed by atoms with Crippen LogP contribution in [0.2, 0.25) is 0 Å². The Labute approximate surface area is 602 Å². The van der Waals surface area contributed by atoms with E-state index in [1.54, 1.807) is 0 Å². The molecule has 108 heavy (non-hydrogen) atoms. The van der Waals surface area contributed by atoms with Crippen molar-refractivity contribution in [2.24, 2.45) is 0 Å². The standard InChI is InChI=1S/C76H48F12N10O8S2/c77-73(78,79)67-55-27-19-47(91-55)63(48-20-28-56(92-48)68(74(80,81)82)60-32-24-52(96-60)65(51-23-31-59(67)95-51)43-11-15-45(16-12-43)71(99)89-35-37-107(101,102)103)41-7-3-39(4-8-41)1-2-40-5-9-42(10-6-40)64-49-21-29-57(93-49)69(75(83,84)85)61-33-25-53(97-61)66(44-13-17-46(18-14-44)72(100)90-36-38-108(104,105)106)54-26-34-62(98-54)70(76(86,87)88)58-30-22-50(64)94-58/h3-34,91,93,96,98H,35-38H2,(H,89,99)(H,90,100)(H,101,102,103)(H,104,105,106). The molecule has 0 atom stereocenters. The van der Waals surface area contributed by atoms with Gasteiger partial charge in [-0.15, -0.1) is 0 Å². The van der Waals surface area contributed by atoms with Crippen LogP contribution in [-0.2, 0) is 44.9 Å². The Morgan fingerprint density at radius 3 is 0.759 bits per heavy atom. The first-order valence-electron chi connectivity index (χ1n) is 32.1. The number of aromatic amines is 4. The number of hydrogen-bond donors (Lipinski definition) is 8. The Hall–Kier alpha value is -12.4. The van der Waals surface area contributed by atoms with Crippen LogP contribution in [0.3, 0.4) is 0 Å². The smallest absolute Gasteiger partial charge is 0.354 e. The van der Waals surface area contributed by atoms with Crippen molar-refractivity contribution in [3.05, 3.63) is 236 Å². The fraction of sp³-hybridized carbons (Fsp3) is 0.105. The van der Waals surface area contributed by atoms with Crippen molar-refractivity contribution >= 4 is 125 Å². The maximum absolute atomic E-state index is 15.5. The van der Waals surface area contributed by atoms with E-state index in [0.717, 1.165) is 48.6 Å². The second-order valence-electron chi connectivity index (χ2n) is 24.6. The number of carbonyl (C=O) groups is 2. The first-order valence-corrected chi connectivity index (χ1v) is 35.3. The number of nitrogens with one attached hydrogen (secondary N) is 6. The van der Waals surface area contributed by atoms with Crippen LogP contribution in [-0.4, -0.2) is 102 Å². The molecule has 16 bridgehead atoms. The number of carbonyl (C=O) groups excluding carboxylic acids is 2. The van der Waals surface area contributed by atoms with Gasteiger partial charge in [0.2, 0.25) is 0 Å². The SMILES string of the molecule is O=C(NCCS(=O)(=O)O)c1ccc(-c2c3nc(c(C(F)(F)F)c4ccc([nH]4)c(-c4ccc(C#Cc5ccc(-c6c7nc(c(C(F)(F)F)c8ccc([nH]8)c(-c8ccc(C(=O)NCCS(=O)(=O)O)cc8)c8nc(c(C(F)(F)F)c9ccc6[nH]9)C=C8)C=C7)cc5)cc4)c4nc(c(C(F)(F)F)c5ccc2[nH]5)C=C4)C=C3)cc1. The van der Waals surface area contributed by atoms with Crippen LogP contribution in [0.5, 0.6) is 0 Å². The van der Waals surface area contributed by atoms with E-state index >= 15 is 52.7 Å². The minimum Gasteiger partial charge on any atom is -0.354 e. The molecule has 18 nitrogen and oxygen atoms in total. The lowest BCUT2D eigenvalue weighted by atomic mass is 10.0. The minimum absolute atomic E-state index is 0.00359. The molecule has 4 aromatic carbocycles. The molecule has 32 heteroatoms. The van der Waals surface area contributed by atoms with Crippen LogP contribution in [0.25, 0.3) is 137 Å². The molecule has 14 rings (SSSR count). The molecular formula is C76H48F12N10O8S2. The maximum atomic E-state index is 15.5. The monoisotopic (exact) mass is 1520 g/mol. The van der Waals surface area contributed by atoms with Gasteiger partial charge in [0.15, 0.2) is 0 Å². The predicted molar refractivity (Wildman–Crippen MR) is 383 cm³/mol. The molecule has 0 spiro atoms. The molecule has 546 valence electrons. The summed E-state index contributed by atoms with van der Waals surface area (Å²) in [6.07, 6.45) is -10.8. The van der Waals surface area contributed by atoms with Crippen molar-refractivity contribution < 1.29 is 88.2 Å². The number of aromatic nitrogens is 8. The Bertz CT molecular complexity index is 5820. The zero-order valence-electron chi connectivity index (χ0n) is 54.8. The summed E-state index contributed by atoms with van der Waals surface area (Å²) in [6, 6.07) is 32.6. The van der Waals surface area contributed by atoms with Crippen LogP contribution in [0.4, 0.5) is 52.7 Å². The van der Waals surface area contributed by atoms with E-state index in [-0.39, 0.29) is 100 Å². The topological polar surface area (TPSA) is 282 Å². The minimum atomic E-state index is -5.07. The highest BCUT2D eigenvalue weighted by Gasteiger charge is 2.40. The van der Waals surface area contributed by atoms with Gasteiger partial charge in [-0.3, -0.25) is 18.7 Å². The highest BCUT2D eigenvalue weighted by atomic mass is 32.2. The molecule has 2 amide bonds. The molecule has 0 saturated heterocycles. The number of hydrogen-bond acceptors (Lipinski definition) is 10. The number of amides is 2. The van der Waals surface area contributed by atoms with E-state index in [4.69, 9.17) is 9.11 Å². The Balaban J connectivity index is 0.833. The number of rotatable bonds is 12. The van der Waals surface area contributed by atoms with Gasteiger partial charge in [0.05, 0.1) is 79.1 Å². The van der Waals surface area contributed by atoms with Gasteiger partial charge >= 0.3 is 24.7 Å². The lowest BCUT2D eigenvalue weighted by molar-refractivity contribution is -0.137. The van der Waals surface area contributed by atoms with Crippen LogP contribution < -0.4 is 10.6 Å². The van der Waals surface area contributed by atoms with Crippen molar-refractivity contribution in [1.82, 2.24) is 50.5 Å². The fourth-order valence-corrected chi connectivity index (χ4v) is 13.5. The Kier molecular flexibility index (Phi) is 18.4. The summed E-state index contributed by atoms with van der Waals surface area (Å²) in [7, 11) is -8.84. The molecule has 0 unspecified atom stereocenters. The molecule has 6 aromatic heterocycles. The average Bonchev–Trinajstić information content (AvgIpc) is 1.61. The second kappa shape index (κ2) is 27.5. The van der Waals surface area contributed by atoms with E-state index in [0.29, 0.717) is 11.1 Å². The van der Waals surface area contributed by atoms with Gasteiger partial charge in [-0.05, 0) is 168 Å². The molecule has 10 aromatic rings. The zero-order chi connectivity index (χ0) is 76.6. The van der Waals surface area contributed by atoms with Crippen LogP contribution in [0, 0.1) is 11.8 Å². The van der Waals surface area contributed by atoms with E-state index in [2.05, 4.69) is 62.3 Å². The van der Waals surface area contributed by atoms with E-state index in [9.17, 15) is 26.4 Å². The highest BCUT2D eigenvalue weighted by molar-refractivity contribution is 7.86. The van der Waals surface area contributed by atoms with E-state index in [1.165, 1.54) is 146 Å². The molecule has 0 fully saturated rings. The Morgan fingerprint density at radius 2 is 0.537 bits per heavy atom. The van der Waals surface area contributed by atoms with Crippen molar-refractivity contribution in [3.63, 3.8) is 0 Å². The predicted octanol–water partition coefficient (Wildman–Crippen LogP) is 17.0. The van der Waals surface area contributed by atoms with Crippen molar-refractivity contribution in [2.45, 2.75) is 24.7 Å². The summed E-state index contributed by atoms with van der Waals surface area (Å²) >= 11 is 0. The summed E-state index contributed by atoms with van der Waals surface area (Å²) < 4.78 is 249. The Morgan fingerprint density at radius 1 is 0.324 bits per heavy atom. The molecule has 0 radical (unpaired) electrons. The third-order valence-electron chi connectivity index (χ3n) is 17.5. The number of benzene rings is 4. The second-order valence-corrected chi connectivity index (χ2v) is 27.8. The van der Waals surface area contributed by atoms with Crippen molar-refractivity contribution in [2.75, 3.05) is 24.6 Å². The first kappa shape index (κ1) is 72.5. The van der Waals surface area contributed by atoms with E-state index < -0.39 is 148 Å². The van der Waals surface area contributed by atoms with Crippen LogP contribution >= 0.6 is 0 Å². The fourth-order valence-electron chi connectivity index (χ4n) is 12.8. The van der Waals surface area contributed by atoms with Gasteiger partial charge in [0.1, 0.15) is 22.3 Å². The molecule has 4 aliphatic heterocycles. The van der Waals surface area contributed by atoms with Gasteiger partial charge in [-0.1, -0.05) is 60.4 Å². The quantitative estimate of drug-likeness (QED) is 0.0322. The lowest BCUT2D eigenvalue weighted by Crippen LogP contribution is -2.28. The third kappa shape index (κ3) is 15.1. The summed E-state index contributed by atoms with van der Waals surface area (Å²) in [6.45, 7) is -0.900. The maximum Gasteiger partial charge on any atom is 0.420 e. The molecular weight excluding hydrogens is 1470 g/mol. The molecule has 0 aliphatic carbocycles. The molecule has 8 N–H and O–H groups in total. The summed E-state index contributed by atoms with van der Waals surface area (Å²) in [5, 5.41) is 4.66. The van der Waals surface area contributed by atoms with Gasteiger partial charge in [-0.25, -0.2) is 19.9 Å². The van der Waals surface area contributed by atoms with Crippen LogP contribution in [0.1, 0.15) is 99.6 Å². The molecule has 10 heterocycles. The number of H-pyrrole nitrogens is 4. The van der Waals surface area contributed by atoms with Crippen LogP contribution in [0.15, 0.2) is 146 Å². The number of alkyl halides is 12. The average molecular weight is 1520 g/mol.